The van der Waals surface area contributed by atoms with Crippen molar-refractivity contribution in [1.82, 2.24) is 14.8 Å². The van der Waals surface area contributed by atoms with Gasteiger partial charge in [0, 0.05) is 11.0 Å². The lowest BCUT2D eigenvalue weighted by Gasteiger charge is -2.16. The molecule has 1 heterocycles. The number of allylic oxidation sites excluding steroid dienone is 1. The van der Waals surface area contributed by atoms with Crippen molar-refractivity contribution in [2.75, 3.05) is 25.3 Å². The van der Waals surface area contributed by atoms with E-state index in [0.717, 1.165) is 16.2 Å². The molecule has 0 bridgehead atoms. The number of nitrogens with zero attached hydrogens (tertiary/aromatic N) is 3. The second kappa shape index (κ2) is 13.1. The van der Waals surface area contributed by atoms with Gasteiger partial charge in [-0.05, 0) is 49.4 Å². The average molecular weight is 589 g/mol. The molecule has 3 rings (SSSR count). The van der Waals surface area contributed by atoms with Crippen LogP contribution in [0.4, 0.5) is 5.69 Å². The molecule has 0 fully saturated rings. The second-order valence-corrected chi connectivity index (χ2v) is 9.39. The molecule has 12 heteroatoms. The van der Waals surface area contributed by atoms with Crippen molar-refractivity contribution in [2.45, 2.75) is 24.7 Å². The van der Waals surface area contributed by atoms with Crippen molar-refractivity contribution in [1.29, 1.82) is 0 Å². The normalized spacial score (nSPS) is 11.4. The van der Waals surface area contributed by atoms with Crippen molar-refractivity contribution in [3.63, 3.8) is 0 Å². The van der Waals surface area contributed by atoms with E-state index in [2.05, 4.69) is 38.0 Å². The fourth-order valence-corrected chi connectivity index (χ4v) is 4.29. The Morgan fingerprint density at radius 2 is 1.81 bits per heavy atom. The maximum Gasteiger partial charge on any atom is 0.339 e. The van der Waals surface area contributed by atoms with E-state index in [0.29, 0.717) is 23.3 Å². The monoisotopic (exact) mass is 588 g/mol. The number of aromatic nitrogens is 3. The van der Waals surface area contributed by atoms with Crippen LogP contribution < -0.4 is 10.1 Å². The molecule has 0 spiro atoms. The van der Waals surface area contributed by atoms with Crippen molar-refractivity contribution < 1.29 is 28.6 Å². The number of halogens is 1. The SMILES string of the molecule is C=CCn1c(SCC(=O)Nc2cc(C(=O)OC)ccc2C(=O)OC)nnc1C(C)Oc1ccc(Br)cc1. The molecule has 1 aromatic heterocycles. The van der Waals surface area contributed by atoms with Crippen LogP contribution in [0.15, 0.2) is 64.7 Å². The molecule has 1 N–H and O–H groups in total. The first-order valence-electron chi connectivity index (χ1n) is 11.0. The fraction of sp³-hybridized carbons (Fsp3) is 0.240. The van der Waals surface area contributed by atoms with Crippen LogP contribution in [-0.2, 0) is 20.8 Å². The van der Waals surface area contributed by atoms with Crippen LogP contribution in [0.1, 0.15) is 39.6 Å². The zero-order valence-corrected chi connectivity index (χ0v) is 22.8. The lowest BCUT2D eigenvalue weighted by atomic mass is 10.1. The molecule has 0 aliphatic carbocycles. The van der Waals surface area contributed by atoms with E-state index >= 15 is 0 Å². The number of carbonyl (C=O) groups excluding carboxylic acids is 3. The van der Waals surface area contributed by atoms with Crippen molar-refractivity contribution in [3.8, 4) is 5.75 Å². The molecule has 37 heavy (non-hydrogen) atoms. The number of hydrogen-bond donors (Lipinski definition) is 1. The third-order valence-corrected chi connectivity index (χ3v) is 6.50. The highest BCUT2D eigenvalue weighted by molar-refractivity contribution is 9.10. The van der Waals surface area contributed by atoms with Gasteiger partial charge in [-0.1, -0.05) is 33.8 Å². The van der Waals surface area contributed by atoms with Gasteiger partial charge in [0.25, 0.3) is 0 Å². The van der Waals surface area contributed by atoms with E-state index in [-0.39, 0.29) is 22.6 Å². The molecule has 0 aliphatic rings. The van der Waals surface area contributed by atoms with Gasteiger partial charge in [-0.15, -0.1) is 16.8 Å². The maximum atomic E-state index is 12.8. The summed E-state index contributed by atoms with van der Waals surface area (Å²) in [7, 11) is 2.47. The third kappa shape index (κ3) is 7.20. The van der Waals surface area contributed by atoms with Gasteiger partial charge in [-0.2, -0.15) is 0 Å². The molecule has 1 unspecified atom stereocenters. The minimum Gasteiger partial charge on any atom is -0.483 e. The Labute approximate surface area is 226 Å². The van der Waals surface area contributed by atoms with Crippen LogP contribution in [-0.4, -0.2) is 52.6 Å². The van der Waals surface area contributed by atoms with Gasteiger partial charge < -0.3 is 19.5 Å². The number of ether oxygens (including phenoxy) is 3. The summed E-state index contributed by atoms with van der Waals surface area (Å²) in [6.45, 7) is 6.06. The molecular weight excluding hydrogens is 564 g/mol. The molecule has 0 saturated heterocycles. The first-order chi connectivity index (χ1) is 17.8. The topological polar surface area (TPSA) is 122 Å². The van der Waals surface area contributed by atoms with Crippen molar-refractivity contribution in [2.24, 2.45) is 0 Å². The number of nitrogens with one attached hydrogen (secondary N) is 1. The van der Waals surface area contributed by atoms with Crippen molar-refractivity contribution >= 4 is 51.2 Å². The molecule has 3 aromatic rings. The summed E-state index contributed by atoms with van der Waals surface area (Å²) in [6, 6.07) is 11.6. The summed E-state index contributed by atoms with van der Waals surface area (Å²) in [5.41, 5.74) is 0.405. The number of thioether (sulfide) groups is 1. The Morgan fingerprint density at radius 3 is 2.46 bits per heavy atom. The summed E-state index contributed by atoms with van der Waals surface area (Å²) in [5, 5.41) is 11.6. The minimum atomic E-state index is -0.658. The number of carbonyl (C=O) groups is 3. The number of amides is 1. The largest absolute Gasteiger partial charge is 0.483 e. The lowest BCUT2D eigenvalue weighted by molar-refractivity contribution is -0.113. The molecule has 0 radical (unpaired) electrons. The quantitative estimate of drug-likeness (QED) is 0.193. The molecule has 1 atom stereocenters. The Bertz CT molecular complexity index is 1290. The van der Waals surface area contributed by atoms with Crippen LogP contribution in [0.2, 0.25) is 0 Å². The fourth-order valence-electron chi connectivity index (χ4n) is 3.28. The smallest absolute Gasteiger partial charge is 0.339 e. The summed E-state index contributed by atoms with van der Waals surface area (Å²) in [6.07, 6.45) is 1.28. The van der Waals surface area contributed by atoms with Crippen LogP contribution in [0.3, 0.4) is 0 Å². The van der Waals surface area contributed by atoms with Crippen molar-refractivity contribution in [3.05, 3.63) is 76.5 Å². The van der Waals surface area contributed by atoms with Gasteiger partial charge in [0.1, 0.15) is 5.75 Å². The number of methoxy groups -OCH3 is 2. The predicted molar refractivity (Wildman–Crippen MR) is 142 cm³/mol. The Balaban J connectivity index is 1.74. The van der Waals surface area contributed by atoms with E-state index in [1.165, 1.54) is 32.4 Å². The zero-order valence-electron chi connectivity index (χ0n) is 20.4. The number of esters is 2. The summed E-state index contributed by atoms with van der Waals surface area (Å²) in [5.74, 6) is -0.482. The summed E-state index contributed by atoms with van der Waals surface area (Å²) in [4.78, 5) is 36.8. The van der Waals surface area contributed by atoms with Crippen LogP contribution in [0.25, 0.3) is 0 Å². The Hall–Kier alpha value is -3.64. The van der Waals surface area contributed by atoms with Crippen LogP contribution >= 0.6 is 27.7 Å². The van der Waals surface area contributed by atoms with Gasteiger partial charge in [0.2, 0.25) is 5.91 Å². The number of rotatable bonds is 11. The van der Waals surface area contributed by atoms with Gasteiger partial charge in [0.05, 0.1) is 36.8 Å². The molecule has 194 valence electrons. The average Bonchev–Trinajstić information content (AvgIpc) is 3.30. The van der Waals surface area contributed by atoms with Crippen LogP contribution in [0.5, 0.6) is 5.75 Å². The molecule has 1 amide bonds. The highest BCUT2D eigenvalue weighted by Crippen LogP contribution is 2.26. The van der Waals surface area contributed by atoms with E-state index in [4.69, 9.17) is 14.2 Å². The molecule has 2 aromatic carbocycles. The Kier molecular flexibility index (Phi) is 9.86. The Morgan fingerprint density at radius 1 is 1.11 bits per heavy atom. The number of hydrogen-bond acceptors (Lipinski definition) is 9. The van der Waals surface area contributed by atoms with Gasteiger partial charge in [-0.3, -0.25) is 9.36 Å². The molecule has 0 saturated carbocycles. The maximum absolute atomic E-state index is 12.8. The minimum absolute atomic E-state index is 0.0414. The first kappa shape index (κ1) is 27.9. The molecular formula is C25H25BrN4O6S. The second-order valence-electron chi connectivity index (χ2n) is 7.53. The highest BCUT2D eigenvalue weighted by Gasteiger charge is 2.21. The number of anilines is 1. The summed E-state index contributed by atoms with van der Waals surface area (Å²) >= 11 is 4.55. The first-order valence-corrected chi connectivity index (χ1v) is 12.7. The van der Waals surface area contributed by atoms with Gasteiger partial charge in [0.15, 0.2) is 17.1 Å². The standard InChI is InChI=1S/C25H25BrN4O6S/c1-5-12-30-22(15(2)36-18-9-7-17(26)8-10-18)28-29-25(30)37-14-21(31)27-20-13-16(23(32)34-3)6-11-19(20)24(33)35-4/h5-11,13,15H,1,12,14H2,2-4H3,(H,27,31). The van der Waals surface area contributed by atoms with Gasteiger partial charge >= 0.3 is 11.9 Å². The van der Waals surface area contributed by atoms with E-state index in [9.17, 15) is 14.4 Å². The van der Waals surface area contributed by atoms with E-state index in [1.807, 2.05) is 35.8 Å². The predicted octanol–water partition coefficient (Wildman–Crippen LogP) is 4.67. The van der Waals surface area contributed by atoms with Crippen LogP contribution in [0, 0.1) is 0 Å². The summed E-state index contributed by atoms with van der Waals surface area (Å²) < 4.78 is 18.2. The lowest BCUT2D eigenvalue weighted by Crippen LogP contribution is -2.18. The third-order valence-electron chi connectivity index (χ3n) is 5.00. The molecule has 10 nitrogen and oxygen atoms in total. The number of benzene rings is 2. The molecule has 0 aliphatic heterocycles. The highest BCUT2D eigenvalue weighted by atomic mass is 79.9. The van der Waals surface area contributed by atoms with E-state index in [1.54, 1.807) is 6.08 Å². The van der Waals surface area contributed by atoms with Gasteiger partial charge in [-0.25, -0.2) is 9.59 Å². The van der Waals surface area contributed by atoms with E-state index < -0.39 is 23.9 Å². The zero-order chi connectivity index (χ0) is 26.9.